The third-order valence-electron chi connectivity index (χ3n) is 3.30. The molecular formula is C17H22ClIN4. The number of aromatic nitrogens is 1. The van der Waals surface area contributed by atoms with E-state index in [0.29, 0.717) is 5.15 Å². The lowest BCUT2D eigenvalue weighted by molar-refractivity contribution is 0.793. The van der Waals surface area contributed by atoms with E-state index in [1.807, 2.05) is 6.07 Å². The van der Waals surface area contributed by atoms with Gasteiger partial charge in [-0.1, -0.05) is 47.5 Å². The number of halogens is 2. The molecule has 23 heavy (non-hydrogen) atoms. The number of aliphatic imine (C=N–C) groups is 1. The van der Waals surface area contributed by atoms with Crippen LogP contribution in [0.1, 0.15) is 16.7 Å². The second-order valence-electron chi connectivity index (χ2n) is 5.08. The van der Waals surface area contributed by atoms with E-state index >= 15 is 0 Å². The van der Waals surface area contributed by atoms with Crippen molar-refractivity contribution >= 4 is 41.5 Å². The molecule has 0 unspecified atom stereocenters. The Hall–Kier alpha value is -1.34. The van der Waals surface area contributed by atoms with Crippen LogP contribution in [0.3, 0.4) is 0 Å². The Labute approximate surface area is 159 Å². The summed E-state index contributed by atoms with van der Waals surface area (Å²) >= 11 is 5.77. The molecule has 0 amide bonds. The van der Waals surface area contributed by atoms with Gasteiger partial charge in [0.1, 0.15) is 5.15 Å². The van der Waals surface area contributed by atoms with Crippen LogP contribution in [0.15, 0.2) is 47.6 Å². The Morgan fingerprint density at radius 2 is 1.78 bits per heavy atom. The lowest BCUT2D eigenvalue weighted by Gasteiger charge is -2.12. The fourth-order valence-electron chi connectivity index (χ4n) is 1.99. The van der Waals surface area contributed by atoms with Crippen LogP contribution in [0.2, 0.25) is 5.15 Å². The molecule has 0 atom stereocenters. The normalized spacial score (nSPS) is 10.8. The minimum absolute atomic E-state index is 0. The first-order chi connectivity index (χ1) is 10.7. The highest BCUT2D eigenvalue weighted by molar-refractivity contribution is 14.0. The Morgan fingerprint density at radius 3 is 2.39 bits per heavy atom. The molecule has 1 aromatic carbocycles. The average Bonchev–Trinajstić information content (AvgIpc) is 2.54. The van der Waals surface area contributed by atoms with E-state index in [4.69, 9.17) is 11.6 Å². The quantitative estimate of drug-likeness (QED) is 0.321. The summed E-state index contributed by atoms with van der Waals surface area (Å²) in [6, 6.07) is 12.3. The van der Waals surface area contributed by atoms with Gasteiger partial charge in [-0.25, -0.2) is 4.98 Å². The van der Waals surface area contributed by atoms with Crippen LogP contribution >= 0.6 is 35.6 Å². The summed E-state index contributed by atoms with van der Waals surface area (Å²) in [4.78, 5) is 8.30. The van der Waals surface area contributed by atoms with Gasteiger partial charge in [-0.2, -0.15) is 0 Å². The molecule has 0 aliphatic carbocycles. The summed E-state index contributed by atoms with van der Waals surface area (Å²) in [6.45, 7) is 3.63. The number of guanidine groups is 1. The molecule has 2 N–H and O–H groups in total. The van der Waals surface area contributed by atoms with E-state index < -0.39 is 0 Å². The molecule has 4 nitrogen and oxygen atoms in total. The topological polar surface area (TPSA) is 49.3 Å². The van der Waals surface area contributed by atoms with Crippen molar-refractivity contribution in [2.75, 3.05) is 13.6 Å². The van der Waals surface area contributed by atoms with Gasteiger partial charge >= 0.3 is 0 Å². The maximum absolute atomic E-state index is 5.77. The van der Waals surface area contributed by atoms with Gasteiger partial charge in [0, 0.05) is 26.3 Å². The molecule has 0 bridgehead atoms. The highest BCUT2D eigenvalue weighted by Gasteiger charge is 1.99. The zero-order chi connectivity index (χ0) is 15.8. The summed E-state index contributed by atoms with van der Waals surface area (Å²) < 4.78 is 0. The van der Waals surface area contributed by atoms with Crippen LogP contribution in [0.25, 0.3) is 0 Å². The largest absolute Gasteiger partial charge is 0.356 e. The van der Waals surface area contributed by atoms with Crippen LogP contribution in [0.5, 0.6) is 0 Å². The third kappa shape index (κ3) is 7.18. The molecule has 0 radical (unpaired) electrons. The van der Waals surface area contributed by atoms with E-state index in [-0.39, 0.29) is 24.0 Å². The Morgan fingerprint density at radius 1 is 1.09 bits per heavy atom. The number of benzene rings is 1. The number of nitrogens with zero attached hydrogens (tertiary/aromatic N) is 2. The number of rotatable bonds is 5. The minimum Gasteiger partial charge on any atom is -0.356 e. The molecule has 0 fully saturated rings. The second-order valence-corrected chi connectivity index (χ2v) is 5.46. The number of pyridine rings is 1. The van der Waals surface area contributed by atoms with Crippen molar-refractivity contribution in [1.82, 2.24) is 15.6 Å². The van der Waals surface area contributed by atoms with Crippen molar-refractivity contribution in [1.29, 1.82) is 0 Å². The van der Waals surface area contributed by atoms with Crippen LogP contribution in [-0.4, -0.2) is 24.5 Å². The fraction of sp³-hybridized carbons (Fsp3) is 0.294. The van der Waals surface area contributed by atoms with Gasteiger partial charge in [0.15, 0.2) is 5.96 Å². The van der Waals surface area contributed by atoms with Crippen molar-refractivity contribution in [2.45, 2.75) is 19.9 Å². The van der Waals surface area contributed by atoms with Crippen molar-refractivity contribution < 1.29 is 0 Å². The molecule has 0 saturated heterocycles. The number of hydrogen-bond donors (Lipinski definition) is 2. The van der Waals surface area contributed by atoms with E-state index in [2.05, 4.69) is 51.8 Å². The molecule has 2 rings (SSSR count). The van der Waals surface area contributed by atoms with Gasteiger partial charge in [0.2, 0.25) is 0 Å². The van der Waals surface area contributed by atoms with Gasteiger partial charge < -0.3 is 10.6 Å². The minimum atomic E-state index is 0. The van der Waals surface area contributed by atoms with Crippen molar-refractivity contribution in [3.8, 4) is 0 Å². The molecule has 0 spiro atoms. The predicted octanol–water partition coefficient (Wildman–Crippen LogP) is 3.57. The summed E-state index contributed by atoms with van der Waals surface area (Å²) in [5.74, 6) is 0.794. The third-order valence-corrected chi connectivity index (χ3v) is 3.52. The lowest BCUT2D eigenvalue weighted by Crippen LogP contribution is -2.37. The van der Waals surface area contributed by atoms with Gasteiger partial charge in [0.25, 0.3) is 0 Å². The van der Waals surface area contributed by atoms with Crippen LogP contribution in [0, 0.1) is 6.92 Å². The van der Waals surface area contributed by atoms with Crippen molar-refractivity contribution in [2.24, 2.45) is 4.99 Å². The van der Waals surface area contributed by atoms with E-state index in [1.54, 1.807) is 19.3 Å². The van der Waals surface area contributed by atoms with E-state index in [1.165, 1.54) is 11.1 Å². The zero-order valence-corrected chi connectivity index (χ0v) is 16.4. The highest BCUT2D eigenvalue weighted by Crippen LogP contribution is 2.05. The van der Waals surface area contributed by atoms with Crippen molar-refractivity contribution in [3.05, 3.63) is 64.4 Å². The maximum atomic E-state index is 5.77. The van der Waals surface area contributed by atoms with Gasteiger partial charge in [0.05, 0.1) is 0 Å². The molecular weight excluding hydrogens is 423 g/mol. The first-order valence-electron chi connectivity index (χ1n) is 7.28. The first-order valence-corrected chi connectivity index (χ1v) is 7.65. The van der Waals surface area contributed by atoms with Crippen molar-refractivity contribution in [3.63, 3.8) is 0 Å². The molecule has 6 heteroatoms. The summed E-state index contributed by atoms with van der Waals surface area (Å²) in [5, 5.41) is 7.12. The van der Waals surface area contributed by atoms with Crippen LogP contribution in [-0.2, 0) is 13.0 Å². The van der Waals surface area contributed by atoms with E-state index in [0.717, 1.165) is 31.0 Å². The highest BCUT2D eigenvalue weighted by atomic mass is 127. The number of aryl methyl sites for hydroxylation is 1. The Balaban J connectivity index is 0.00000264. The molecule has 1 aromatic heterocycles. The number of nitrogens with one attached hydrogen (secondary N) is 2. The monoisotopic (exact) mass is 444 g/mol. The summed E-state index contributed by atoms with van der Waals surface area (Å²) in [5.41, 5.74) is 3.64. The molecule has 0 saturated carbocycles. The predicted molar refractivity (Wildman–Crippen MR) is 108 cm³/mol. The Bertz CT molecular complexity index is 611. The van der Waals surface area contributed by atoms with E-state index in [9.17, 15) is 0 Å². The Kier molecular flexibility index (Phi) is 8.94. The van der Waals surface area contributed by atoms with Crippen LogP contribution < -0.4 is 10.6 Å². The second kappa shape index (κ2) is 10.4. The van der Waals surface area contributed by atoms with Gasteiger partial charge in [-0.15, -0.1) is 24.0 Å². The van der Waals surface area contributed by atoms with Gasteiger partial charge in [-0.05, 0) is 30.5 Å². The lowest BCUT2D eigenvalue weighted by atomic mass is 10.1. The first kappa shape index (κ1) is 19.7. The zero-order valence-electron chi connectivity index (χ0n) is 13.3. The SMILES string of the molecule is CN=C(NCCc1ccc(Cl)nc1)NCc1ccc(C)cc1.I. The molecule has 0 aliphatic heterocycles. The fourth-order valence-corrected chi connectivity index (χ4v) is 2.10. The van der Waals surface area contributed by atoms with Crippen LogP contribution in [0.4, 0.5) is 0 Å². The van der Waals surface area contributed by atoms with Gasteiger partial charge in [-0.3, -0.25) is 4.99 Å². The summed E-state index contributed by atoms with van der Waals surface area (Å²) in [7, 11) is 1.77. The molecule has 2 aromatic rings. The molecule has 1 heterocycles. The standard InChI is InChI=1S/C17H21ClN4.HI/c1-13-3-5-14(6-4-13)12-22-17(19-2)20-10-9-15-7-8-16(18)21-11-15;/h3-8,11H,9-10,12H2,1-2H3,(H2,19,20,22);1H. The molecule has 124 valence electrons. The summed E-state index contributed by atoms with van der Waals surface area (Å²) in [6.07, 6.45) is 2.67. The maximum Gasteiger partial charge on any atom is 0.191 e. The molecule has 0 aliphatic rings. The number of hydrogen-bond acceptors (Lipinski definition) is 2. The average molecular weight is 445 g/mol. The smallest absolute Gasteiger partial charge is 0.191 e.